The zero-order chi connectivity index (χ0) is 19.6. The molecule has 0 saturated carbocycles. The van der Waals surface area contributed by atoms with Crippen LogP contribution in [0.3, 0.4) is 0 Å². The van der Waals surface area contributed by atoms with Gasteiger partial charge in [-0.05, 0) is 25.1 Å². The maximum absolute atomic E-state index is 12.2. The fourth-order valence-corrected chi connectivity index (χ4v) is 3.49. The Morgan fingerprint density at radius 1 is 1.07 bits per heavy atom. The van der Waals surface area contributed by atoms with Gasteiger partial charge in [0, 0.05) is 17.2 Å². The summed E-state index contributed by atoms with van der Waals surface area (Å²) in [6.07, 6.45) is 1.04. The summed E-state index contributed by atoms with van der Waals surface area (Å²) >= 11 is 0. The lowest BCUT2D eigenvalue weighted by atomic mass is 10.1. The van der Waals surface area contributed by atoms with Crippen molar-refractivity contribution < 1.29 is 27.2 Å². The molecule has 0 saturated heterocycles. The van der Waals surface area contributed by atoms with Crippen molar-refractivity contribution in [3.63, 3.8) is 0 Å². The van der Waals surface area contributed by atoms with E-state index in [1.807, 2.05) is 12.1 Å². The van der Waals surface area contributed by atoms with E-state index in [-0.39, 0.29) is 16.3 Å². The van der Waals surface area contributed by atoms with E-state index in [1.54, 1.807) is 31.2 Å². The third-order valence-electron chi connectivity index (χ3n) is 3.92. The summed E-state index contributed by atoms with van der Waals surface area (Å²) in [5.74, 6) is -1.40. The van der Waals surface area contributed by atoms with Crippen LogP contribution in [0.5, 0.6) is 0 Å². The second-order valence-corrected chi connectivity index (χ2v) is 7.93. The summed E-state index contributed by atoms with van der Waals surface area (Å²) < 4.78 is 34.0. The van der Waals surface area contributed by atoms with Crippen LogP contribution in [0.15, 0.2) is 57.8 Å². The topological polar surface area (TPSA) is 103 Å². The first-order chi connectivity index (χ1) is 12.8. The number of carbonyl (C=O) groups excluding carboxylic acids is 2. The second kappa shape index (κ2) is 7.24. The van der Waals surface area contributed by atoms with Crippen LogP contribution in [0.1, 0.15) is 16.1 Å². The Hall–Kier alpha value is -3.13. The molecule has 0 aliphatic carbocycles. The maximum Gasteiger partial charge on any atom is 0.375 e. The molecule has 27 heavy (non-hydrogen) atoms. The van der Waals surface area contributed by atoms with Crippen molar-refractivity contribution in [1.82, 2.24) is 0 Å². The number of fused-ring (bicyclic) bond motifs is 1. The van der Waals surface area contributed by atoms with Crippen LogP contribution < -0.4 is 5.32 Å². The summed E-state index contributed by atoms with van der Waals surface area (Å²) in [6.45, 7) is 1.15. The number of hydrogen-bond donors (Lipinski definition) is 1. The van der Waals surface area contributed by atoms with Crippen molar-refractivity contribution in [2.45, 2.75) is 11.8 Å². The highest BCUT2D eigenvalue weighted by Crippen LogP contribution is 2.25. The molecule has 3 aromatic rings. The zero-order valence-electron chi connectivity index (χ0n) is 14.7. The first-order valence-electron chi connectivity index (χ1n) is 8.01. The van der Waals surface area contributed by atoms with Crippen molar-refractivity contribution in [2.75, 3.05) is 18.2 Å². The van der Waals surface area contributed by atoms with Gasteiger partial charge in [0.05, 0.1) is 10.6 Å². The number of anilines is 1. The minimum atomic E-state index is -3.51. The first kappa shape index (κ1) is 18.7. The Morgan fingerprint density at radius 3 is 2.44 bits per heavy atom. The van der Waals surface area contributed by atoms with Gasteiger partial charge in [0.2, 0.25) is 5.76 Å². The van der Waals surface area contributed by atoms with Gasteiger partial charge in [0.1, 0.15) is 5.58 Å². The zero-order valence-corrected chi connectivity index (χ0v) is 15.5. The van der Waals surface area contributed by atoms with Gasteiger partial charge >= 0.3 is 5.97 Å². The molecule has 140 valence electrons. The van der Waals surface area contributed by atoms with Crippen LogP contribution in [-0.4, -0.2) is 33.2 Å². The molecule has 0 unspecified atom stereocenters. The molecule has 1 heterocycles. The van der Waals surface area contributed by atoms with Crippen LogP contribution >= 0.6 is 0 Å². The number of carbonyl (C=O) groups is 2. The molecular weight excluding hydrogens is 370 g/mol. The van der Waals surface area contributed by atoms with E-state index in [9.17, 15) is 18.0 Å². The van der Waals surface area contributed by atoms with Crippen molar-refractivity contribution in [2.24, 2.45) is 0 Å². The number of sulfone groups is 1. The van der Waals surface area contributed by atoms with Crippen molar-refractivity contribution in [3.8, 4) is 0 Å². The molecule has 1 N–H and O–H groups in total. The van der Waals surface area contributed by atoms with Crippen molar-refractivity contribution in [3.05, 3.63) is 59.9 Å². The molecule has 0 aliphatic rings. The Kier molecular flexibility index (Phi) is 5.00. The van der Waals surface area contributed by atoms with Gasteiger partial charge in [-0.2, -0.15) is 0 Å². The fraction of sp³-hybridized carbons (Fsp3) is 0.158. The standard InChI is InChI=1S/C19H17NO6S/c1-12-13-7-3-5-9-15(13)26-18(12)19(22)25-11-17(21)20-14-8-4-6-10-16(14)27(2,23)24/h3-10H,11H2,1-2H3,(H,20,21). The predicted molar refractivity (Wildman–Crippen MR) is 99.4 cm³/mol. The molecule has 2 aromatic carbocycles. The molecule has 3 rings (SSSR count). The minimum Gasteiger partial charge on any atom is -0.450 e. The van der Waals surface area contributed by atoms with Gasteiger partial charge < -0.3 is 14.5 Å². The quantitative estimate of drug-likeness (QED) is 0.675. The van der Waals surface area contributed by atoms with E-state index >= 15 is 0 Å². The molecule has 0 radical (unpaired) electrons. The predicted octanol–water partition coefficient (Wildman–Crippen LogP) is 2.94. The normalized spacial score (nSPS) is 11.3. The molecule has 7 nitrogen and oxygen atoms in total. The van der Waals surface area contributed by atoms with E-state index in [1.165, 1.54) is 12.1 Å². The van der Waals surface area contributed by atoms with Gasteiger partial charge in [0.25, 0.3) is 5.91 Å². The Bertz CT molecular complexity index is 1130. The molecule has 0 fully saturated rings. The third-order valence-corrected chi connectivity index (χ3v) is 5.08. The first-order valence-corrected chi connectivity index (χ1v) is 9.90. The van der Waals surface area contributed by atoms with Crippen LogP contribution in [0, 0.1) is 6.92 Å². The van der Waals surface area contributed by atoms with Gasteiger partial charge in [-0.3, -0.25) is 4.79 Å². The lowest BCUT2D eigenvalue weighted by Crippen LogP contribution is -2.22. The smallest absolute Gasteiger partial charge is 0.375 e. The summed E-state index contributed by atoms with van der Waals surface area (Å²) in [5, 5.41) is 3.23. The number of furan rings is 1. The van der Waals surface area contributed by atoms with E-state index in [0.29, 0.717) is 11.1 Å². The average molecular weight is 387 g/mol. The number of nitrogens with one attached hydrogen (secondary N) is 1. The minimum absolute atomic E-state index is 0.0159. The van der Waals surface area contributed by atoms with Gasteiger partial charge in [-0.25, -0.2) is 13.2 Å². The molecule has 1 amide bonds. The highest BCUT2D eigenvalue weighted by atomic mass is 32.2. The maximum atomic E-state index is 12.2. The number of amides is 1. The number of aryl methyl sites for hydroxylation is 1. The third kappa shape index (κ3) is 4.01. The number of para-hydroxylation sites is 2. The summed E-state index contributed by atoms with van der Waals surface area (Å²) in [4.78, 5) is 24.3. The highest BCUT2D eigenvalue weighted by Gasteiger charge is 2.20. The van der Waals surface area contributed by atoms with Crippen LogP contribution in [0.4, 0.5) is 5.69 Å². The summed E-state index contributed by atoms with van der Waals surface area (Å²) in [5.41, 5.74) is 1.30. The summed E-state index contributed by atoms with van der Waals surface area (Å²) in [6, 6.07) is 13.1. The SMILES string of the molecule is Cc1c(C(=O)OCC(=O)Nc2ccccc2S(C)(=O)=O)oc2ccccc12. The van der Waals surface area contributed by atoms with E-state index in [4.69, 9.17) is 9.15 Å². The number of rotatable bonds is 5. The number of ether oxygens (including phenoxy) is 1. The molecule has 1 aromatic heterocycles. The molecular formula is C19H17NO6S. The van der Waals surface area contributed by atoms with Crippen molar-refractivity contribution >= 4 is 38.4 Å². The molecule has 8 heteroatoms. The monoisotopic (exact) mass is 387 g/mol. The average Bonchev–Trinajstić information content (AvgIpc) is 2.96. The molecule has 0 atom stereocenters. The molecule has 0 aliphatic heterocycles. The lowest BCUT2D eigenvalue weighted by Gasteiger charge is -2.09. The largest absolute Gasteiger partial charge is 0.450 e. The Labute approximate surface area is 155 Å². The number of esters is 1. The molecule has 0 bridgehead atoms. The van der Waals surface area contributed by atoms with Gasteiger partial charge in [-0.15, -0.1) is 0 Å². The fourth-order valence-electron chi connectivity index (χ4n) is 2.65. The lowest BCUT2D eigenvalue weighted by molar-refractivity contribution is -0.119. The highest BCUT2D eigenvalue weighted by molar-refractivity contribution is 7.90. The Balaban J connectivity index is 1.69. The van der Waals surface area contributed by atoms with Crippen LogP contribution in [0.25, 0.3) is 11.0 Å². The van der Waals surface area contributed by atoms with E-state index < -0.39 is 28.3 Å². The second-order valence-electron chi connectivity index (χ2n) is 5.94. The Morgan fingerprint density at radius 2 is 1.74 bits per heavy atom. The van der Waals surface area contributed by atoms with Crippen LogP contribution in [-0.2, 0) is 19.4 Å². The van der Waals surface area contributed by atoms with Gasteiger partial charge in [0.15, 0.2) is 16.4 Å². The summed E-state index contributed by atoms with van der Waals surface area (Å²) in [7, 11) is -3.51. The van der Waals surface area contributed by atoms with E-state index in [0.717, 1.165) is 11.6 Å². The van der Waals surface area contributed by atoms with Crippen LogP contribution in [0.2, 0.25) is 0 Å². The number of hydrogen-bond acceptors (Lipinski definition) is 6. The van der Waals surface area contributed by atoms with Crippen molar-refractivity contribution in [1.29, 1.82) is 0 Å². The van der Waals surface area contributed by atoms with Gasteiger partial charge in [-0.1, -0.05) is 30.3 Å². The van der Waals surface area contributed by atoms with E-state index in [2.05, 4.69) is 5.32 Å². The molecule has 0 spiro atoms. The number of benzene rings is 2.